The first-order valence-electron chi connectivity index (χ1n) is 6.60. The average molecular weight is 347 g/mol. The normalized spacial score (nSPS) is 10.7. The number of nitrogen functional groups attached to an aromatic ring is 1. The van der Waals surface area contributed by atoms with E-state index >= 15 is 0 Å². The van der Waals surface area contributed by atoms with Gasteiger partial charge in [-0.2, -0.15) is 0 Å². The Bertz CT molecular complexity index is 815. The molecule has 23 heavy (non-hydrogen) atoms. The highest BCUT2D eigenvalue weighted by molar-refractivity contribution is 7.99. The van der Waals surface area contributed by atoms with E-state index in [-0.39, 0.29) is 11.7 Å². The number of carbonyl (C=O) groups is 1. The Kier molecular flexibility index (Phi) is 4.53. The quantitative estimate of drug-likeness (QED) is 0.532. The van der Waals surface area contributed by atoms with Crippen LogP contribution in [-0.2, 0) is 4.79 Å². The molecule has 8 nitrogen and oxygen atoms in total. The number of thiazole rings is 1. The van der Waals surface area contributed by atoms with Crippen LogP contribution in [0.1, 0.15) is 5.69 Å². The third kappa shape index (κ3) is 3.66. The van der Waals surface area contributed by atoms with E-state index in [0.717, 1.165) is 5.69 Å². The summed E-state index contributed by atoms with van der Waals surface area (Å²) >= 11 is 2.58. The third-order valence-corrected chi connectivity index (χ3v) is 4.57. The molecular weight excluding hydrogens is 334 g/mol. The number of amides is 1. The standard InChI is InChI=1S/C13H13N7OS2/c1-8-6-22-12(16-8)17-10(21)7-23-13-19-18-11(20(13)14)9-4-2-3-5-15-9/h2-6H,7,14H2,1H3,(H,16,17,21). The molecule has 0 aliphatic carbocycles. The lowest BCUT2D eigenvalue weighted by atomic mass is 10.3. The SMILES string of the molecule is Cc1csc(NC(=O)CSc2nnc(-c3ccccn3)n2N)n1. The van der Waals surface area contributed by atoms with Gasteiger partial charge in [-0.3, -0.25) is 9.78 Å². The van der Waals surface area contributed by atoms with Crippen LogP contribution in [0.5, 0.6) is 0 Å². The van der Waals surface area contributed by atoms with Crippen molar-refractivity contribution in [3.63, 3.8) is 0 Å². The lowest BCUT2D eigenvalue weighted by Crippen LogP contribution is -2.16. The van der Waals surface area contributed by atoms with Gasteiger partial charge in [-0.25, -0.2) is 9.66 Å². The van der Waals surface area contributed by atoms with Crippen LogP contribution in [0.3, 0.4) is 0 Å². The minimum absolute atomic E-state index is 0.163. The number of nitrogens with one attached hydrogen (secondary N) is 1. The molecule has 0 saturated heterocycles. The minimum atomic E-state index is -0.174. The van der Waals surface area contributed by atoms with Gasteiger partial charge >= 0.3 is 0 Å². The first-order valence-corrected chi connectivity index (χ1v) is 8.46. The van der Waals surface area contributed by atoms with Gasteiger partial charge < -0.3 is 11.2 Å². The molecule has 0 atom stereocenters. The van der Waals surface area contributed by atoms with Crippen LogP contribution in [0.25, 0.3) is 11.5 Å². The molecule has 3 aromatic rings. The van der Waals surface area contributed by atoms with Crippen LogP contribution in [0.4, 0.5) is 5.13 Å². The summed E-state index contributed by atoms with van der Waals surface area (Å²) in [6.07, 6.45) is 1.65. The minimum Gasteiger partial charge on any atom is -0.335 e. The molecule has 118 valence electrons. The Labute approximate surface area is 140 Å². The maximum atomic E-state index is 11.9. The average Bonchev–Trinajstić information content (AvgIpc) is 3.12. The van der Waals surface area contributed by atoms with Crippen molar-refractivity contribution >= 4 is 34.1 Å². The van der Waals surface area contributed by atoms with E-state index in [4.69, 9.17) is 5.84 Å². The molecule has 0 aromatic carbocycles. The molecule has 0 fully saturated rings. The number of aromatic nitrogens is 5. The number of aryl methyl sites for hydroxylation is 1. The number of anilines is 1. The third-order valence-electron chi connectivity index (χ3n) is 2.76. The monoisotopic (exact) mass is 347 g/mol. The second-order valence-electron chi connectivity index (χ2n) is 4.52. The van der Waals surface area contributed by atoms with Crippen molar-refractivity contribution in [3.05, 3.63) is 35.5 Å². The van der Waals surface area contributed by atoms with Crippen molar-refractivity contribution in [2.45, 2.75) is 12.1 Å². The van der Waals surface area contributed by atoms with Gasteiger partial charge in [-0.05, 0) is 19.1 Å². The molecule has 0 aliphatic rings. The molecule has 0 aliphatic heterocycles. The number of carbonyl (C=O) groups excluding carboxylic acids is 1. The molecule has 3 aromatic heterocycles. The molecule has 10 heteroatoms. The fourth-order valence-corrected chi connectivity index (χ4v) is 3.10. The predicted molar refractivity (Wildman–Crippen MR) is 89.6 cm³/mol. The Morgan fingerprint density at radius 1 is 1.43 bits per heavy atom. The molecule has 3 N–H and O–H groups in total. The molecule has 0 spiro atoms. The van der Waals surface area contributed by atoms with E-state index in [9.17, 15) is 4.79 Å². The molecule has 0 unspecified atom stereocenters. The van der Waals surface area contributed by atoms with Crippen LogP contribution in [-0.4, -0.2) is 36.5 Å². The molecule has 0 radical (unpaired) electrons. The van der Waals surface area contributed by atoms with Crippen molar-refractivity contribution in [2.24, 2.45) is 0 Å². The molecule has 0 saturated carbocycles. The Balaban J connectivity index is 1.63. The van der Waals surface area contributed by atoms with E-state index in [2.05, 4.69) is 25.5 Å². The summed E-state index contributed by atoms with van der Waals surface area (Å²) in [4.78, 5) is 20.3. The summed E-state index contributed by atoms with van der Waals surface area (Å²) in [6, 6.07) is 5.44. The van der Waals surface area contributed by atoms with Crippen molar-refractivity contribution in [1.29, 1.82) is 0 Å². The Hall–Kier alpha value is -2.46. The van der Waals surface area contributed by atoms with E-state index < -0.39 is 0 Å². The van der Waals surface area contributed by atoms with Crippen molar-refractivity contribution in [3.8, 4) is 11.5 Å². The second-order valence-corrected chi connectivity index (χ2v) is 6.32. The number of hydrogen-bond donors (Lipinski definition) is 2. The maximum absolute atomic E-state index is 11.9. The zero-order valence-electron chi connectivity index (χ0n) is 12.1. The first-order chi connectivity index (χ1) is 11.1. The summed E-state index contributed by atoms with van der Waals surface area (Å²) in [6.45, 7) is 1.87. The summed E-state index contributed by atoms with van der Waals surface area (Å²) < 4.78 is 1.33. The number of rotatable bonds is 5. The van der Waals surface area contributed by atoms with E-state index in [1.165, 1.54) is 27.8 Å². The van der Waals surface area contributed by atoms with Crippen LogP contribution < -0.4 is 11.2 Å². The molecule has 1 amide bonds. The lowest BCUT2D eigenvalue weighted by molar-refractivity contribution is -0.113. The summed E-state index contributed by atoms with van der Waals surface area (Å²) in [5.41, 5.74) is 1.50. The lowest BCUT2D eigenvalue weighted by Gasteiger charge is -2.03. The smallest absolute Gasteiger partial charge is 0.236 e. The van der Waals surface area contributed by atoms with E-state index in [1.807, 2.05) is 18.4 Å². The van der Waals surface area contributed by atoms with Gasteiger partial charge in [0.1, 0.15) is 5.69 Å². The zero-order chi connectivity index (χ0) is 16.2. The first kappa shape index (κ1) is 15.4. The highest BCUT2D eigenvalue weighted by Crippen LogP contribution is 2.20. The number of nitrogens with zero attached hydrogens (tertiary/aromatic N) is 5. The number of hydrogen-bond acceptors (Lipinski definition) is 8. The van der Waals surface area contributed by atoms with E-state index in [1.54, 1.807) is 18.3 Å². The number of thioether (sulfide) groups is 1. The summed E-state index contributed by atoms with van der Waals surface area (Å²) in [7, 11) is 0. The second kappa shape index (κ2) is 6.75. The van der Waals surface area contributed by atoms with Gasteiger partial charge in [0.15, 0.2) is 5.13 Å². The van der Waals surface area contributed by atoms with Gasteiger partial charge in [0, 0.05) is 11.6 Å². The number of pyridine rings is 1. The van der Waals surface area contributed by atoms with E-state index in [0.29, 0.717) is 21.8 Å². The van der Waals surface area contributed by atoms with Crippen LogP contribution in [0.15, 0.2) is 34.9 Å². The maximum Gasteiger partial charge on any atom is 0.236 e. The predicted octanol–water partition coefficient (Wildman–Crippen LogP) is 1.55. The molecule has 0 bridgehead atoms. The zero-order valence-corrected chi connectivity index (χ0v) is 13.8. The largest absolute Gasteiger partial charge is 0.335 e. The molecule has 3 heterocycles. The molecule has 3 rings (SSSR count). The van der Waals surface area contributed by atoms with Gasteiger partial charge in [0.2, 0.25) is 16.9 Å². The fourth-order valence-electron chi connectivity index (χ4n) is 1.74. The van der Waals surface area contributed by atoms with Crippen LogP contribution in [0.2, 0.25) is 0 Å². The fraction of sp³-hybridized carbons (Fsp3) is 0.154. The van der Waals surface area contributed by atoms with Gasteiger partial charge in [0.25, 0.3) is 0 Å². The summed E-state index contributed by atoms with van der Waals surface area (Å²) in [5.74, 6) is 6.40. The Morgan fingerprint density at radius 3 is 3.00 bits per heavy atom. The van der Waals surface area contributed by atoms with Crippen LogP contribution in [0, 0.1) is 6.92 Å². The summed E-state index contributed by atoms with van der Waals surface area (Å²) in [5, 5.41) is 13.6. The van der Waals surface area contributed by atoms with Gasteiger partial charge in [-0.1, -0.05) is 17.8 Å². The van der Waals surface area contributed by atoms with Gasteiger partial charge in [0.05, 0.1) is 11.4 Å². The van der Waals surface area contributed by atoms with Crippen molar-refractivity contribution in [1.82, 2.24) is 24.8 Å². The van der Waals surface area contributed by atoms with Gasteiger partial charge in [-0.15, -0.1) is 21.5 Å². The number of nitrogens with two attached hydrogens (primary N) is 1. The van der Waals surface area contributed by atoms with Crippen LogP contribution >= 0.6 is 23.1 Å². The molecular formula is C13H13N7OS2. The topological polar surface area (TPSA) is 112 Å². The highest BCUT2D eigenvalue weighted by Gasteiger charge is 2.14. The Morgan fingerprint density at radius 2 is 2.30 bits per heavy atom. The highest BCUT2D eigenvalue weighted by atomic mass is 32.2. The van der Waals surface area contributed by atoms with Crippen molar-refractivity contribution < 1.29 is 4.79 Å². The van der Waals surface area contributed by atoms with Crippen molar-refractivity contribution in [2.75, 3.05) is 16.9 Å².